The van der Waals surface area contributed by atoms with E-state index in [1.165, 1.54) is 0 Å². The Bertz CT molecular complexity index is 948. The molecule has 0 radical (unpaired) electrons. The van der Waals surface area contributed by atoms with Crippen molar-refractivity contribution in [3.05, 3.63) is 54.1 Å². The predicted octanol–water partition coefficient (Wildman–Crippen LogP) is 2.70. The van der Waals surface area contributed by atoms with Crippen LogP contribution in [0.25, 0.3) is 0 Å². The summed E-state index contributed by atoms with van der Waals surface area (Å²) < 4.78 is 0. The van der Waals surface area contributed by atoms with Crippen molar-refractivity contribution in [2.75, 3.05) is 50.1 Å². The second-order valence-electron chi connectivity index (χ2n) is 8.32. The summed E-state index contributed by atoms with van der Waals surface area (Å²) in [5.41, 5.74) is 2.43. The van der Waals surface area contributed by atoms with E-state index >= 15 is 0 Å². The number of amides is 2. The first-order valence-electron chi connectivity index (χ1n) is 10.9. The van der Waals surface area contributed by atoms with E-state index in [4.69, 9.17) is 0 Å². The molecule has 2 aliphatic heterocycles. The number of para-hydroxylation sites is 3. The molecule has 0 bridgehead atoms. The fourth-order valence-electron chi connectivity index (χ4n) is 4.56. The standard InChI is InChI=1S/C24H30N4O3/c1-26(14-15-29)16-18-8-6-7-13-27(18)17-23(30)28-21-11-4-2-9-19(21)24(31)25-20-10-3-5-12-22(20)28/h2-5,9-12,18,29H,6-8,13-17H2,1H3,(H,25,31). The second kappa shape index (κ2) is 9.60. The van der Waals surface area contributed by atoms with Crippen molar-refractivity contribution in [2.45, 2.75) is 25.3 Å². The number of carbonyl (C=O) groups is 2. The van der Waals surface area contributed by atoms with E-state index < -0.39 is 0 Å². The molecule has 2 N–H and O–H groups in total. The SMILES string of the molecule is CN(CCO)CC1CCCCN1CC(=O)N1c2ccccc2NC(=O)c2ccccc21. The second-order valence-corrected chi connectivity index (χ2v) is 8.32. The van der Waals surface area contributed by atoms with Crippen LogP contribution < -0.4 is 10.2 Å². The zero-order chi connectivity index (χ0) is 21.8. The normalized spacial score (nSPS) is 18.9. The van der Waals surface area contributed by atoms with E-state index in [1.807, 2.05) is 49.5 Å². The van der Waals surface area contributed by atoms with Crippen LogP contribution in [0.1, 0.15) is 29.6 Å². The number of likely N-dealkylation sites (N-methyl/N-ethyl adjacent to an activating group) is 1. The summed E-state index contributed by atoms with van der Waals surface area (Å²) in [7, 11) is 2.00. The monoisotopic (exact) mass is 422 g/mol. The summed E-state index contributed by atoms with van der Waals surface area (Å²) in [6.07, 6.45) is 3.26. The predicted molar refractivity (Wildman–Crippen MR) is 122 cm³/mol. The number of hydrogen-bond acceptors (Lipinski definition) is 5. The molecule has 0 aliphatic carbocycles. The third-order valence-electron chi connectivity index (χ3n) is 6.12. The van der Waals surface area contributed by atoms with Gasteiger partial charge in [0.1, 0.15) is 0 Å². The maximum absolute atomic E-state index is 13.7. The quantitative estimate of drug-likeness (QED) is 0.749. The fraction of sp³-hybridized carbons (Fsp3) is 0.417. The van der Waals surface area contributed by atoms with Gasteiger partial charge >= 0.3 is 0 Å². The van der Waals surface area contributed by atoms with Crippen LogP contribution in [0.3, 0.4) is 0 Å². The average Bonchev–Trinajstić information content (AvgIpc) is 2.89. The summed E-state index contributed by atoms with van der Waals surface area (Å²) >= 11 is 0. The highest BCUT2D eigenvalue weighted by molar-refractivity contribution is 6.17. The smallest absolute Gasteiger partial charge is 0.257 e. The van der Waals surface area contributed by atoms with Crippen LogP contribution >= 0.6 is 0 Å². The summed E-state index contributed by atoms with van der Waals surface area (Å²) in [4.78, 5) is 32.5. The number of fused-ring (bicyclic) bond motifs is 2. The third kappa shape index (κ3) is 4.63. The number of nitrogens with one attached hydrogen (secondary N) is 1. The molecule has 7 nitrogen and oxygen atoms in total. The molecule has 1 unspecified atom stereocenters. The Morgan fingerprint density at radius 3 is 2.68 bits per heavy atom. The average molecular weight is 423 g/mol. The van der Waals surface area contributed by atoms with Crippen molar-refractivity contribution < 1.29 is 14.7 Å². The maximum atomic E-state index is 13.7. The van der Waals surface area contributed by atoms with Crippen molar-refractivity contribution in [1.29, 1.82) is 0 Å². The van der Waals surface area contributed by atoms with Gasteiger partial charge in [0.15, 0.2) is 0 Å². The molecule has 2 heterocycles. The molecule has 2 aromatic carbocycles. The van der Waals surface area contributed by atoms with E-state index in [9.17, 15) is 14.7 Å². The number of carbonyl (C=O) groups excluding carboxylic acids is 2. The molecule has 2 aliphatic rings. The lowest BCUT2D eigenvalue weighted by atomic mass is 10.0. The Morgan fingerprint density at radius 2 is 1.87 bits per heavy atom. The molecule has 0 spiro atoms. The van der Waals surface area contributed by atoms with Gasteiger partial charge in [0.25, 0.3) is 5.91 Å². The highest BCUT2D eigenvalue weighted by Crippen LogP contribution is 2.38. The lowest BCUT2D eigenvalue weighted by Gasteiger charge is -2.38. The van der Waals surface area contributed by atoms with Crippen LogP contribution in [0.15, 0.2) is 48.5 Å². The number of nitrogens with zero attached hydrogens (tertiary/aromatic N) is 3. The number of benzene rings is 2. The molecular weight excluding hydrogens is 392 g/mol. The fourth-order valence-corrected chi connectivity index (χ4v) is 4.56. The van der Waals surface area contributed by atoms with E-state index in [0.717, 1.165) is 32.4 Å². The number of hydrogen-bond donors (Lipinski definition) is 2. The molecule has 31 heavy (non-hydrogen) atoms. The molecule has 4 rings (SSSR count). The van der Waals surface area contributed by atoms with E-state index in [0.29, 0.717) is 29.2 Å². The lowest BCUT2D eigenvalue weighted by molar-refractivity contribution is -0.120. The van der Waals surface area contributed by atoms with Gasteiger partial charge in [-0.05, 0) is 50.7 Å². The maximum Gasteiger partial charge on any atom is 0.257 e. The van der Waals surface area contributed by atoms with Crippen LogP contribution in [0.2, 0.25) is 0 Å². The summed E-state index contributed by atoms with van der Waals surface area (Å²) in [5, 5.41) is 12.2. The molecule has 1 fully saturated rings. The topological polar surface area (TPSA) is 76.1 Å². The van der Waals surface area contributed by atoms with Crippen LogP contribution in [-0.2, 0) is 4.79 Å². The third-order valence-corrected chi connectivity index (χ3v) is 6.12. The lowest BCUT2D eigenvalue weighted by Crippen LogP contribution is -2.50. The molecular formula is C24H30N4O3. The first-order chi connectivity index (χ1) is 15.1. The largest absolute Gasteiger partial charge is 0.395 e. The molecule has 0 aromatic heterocycles. The number of aliphatic hydroxyl groups is 1. The van der Waals surface area contributed by atoms with Gasteiger partial charge in [0.2, 0.25) is 5.91 Å². The number of aliphatic hydroxyl groups excluding tert-OH is 1. The molecule has 7 heteroatoms. The molecule has 0 saturated carbocycles. The Kier molecular flexibility index (Phi) is 6.65. The van der Waals surface area contributed by atoms with Crippen molar-refractivity contribution in [2.24, 2.45) is 0 Å². The summed E-state index contributed by atoms with van der Waals surface area (Å²) in [5.74, 6) is -0.257. The molecule has 2 aromatic rings. The van der Waals surface area contributed by atoms with Crippen LogP contribution in [-0.4, -0.2) is 72.6 Å². The first kappa shape index (κ1) is 21.5. The highest BCUT2D eigenvalue weighted by atomic mass is 16.3. The molecule has 1 atom stereocenters. The number of piperidine rings is 1. The number of anilines is 3. The van der Waals surface area contributed by atoms with Gasteiger partial charge in [-0.2, -0.15) is 0 Å². The van der Waals surface area contributed by atoms with E-state index in [2.05, 4.69) is 15.1 Å². The van der Waals surface area contributed by atoms with Crippen molar-refractivity contribution >= 4 is 28.9 Å². The van der Waals surface area contributed by atoms with Gasteiger partial charge in [-0.15, -0.1) is 0 Å². The molecule has 1 saturated heterocycles. The van der Waals surface area contributed by atoms with Crippen LogP contribution in [0, 0.1) is 0 Å². The number of likely N-dealkylation sites (tertiary alicyclic amines) is 1. The highest BCUT2D eigenvalue weighted by Gasteiger charge is 2.32. The van der Waals surface area contributed by atoms with Crippen LogP contribution in [0.5, 0.6) is 0 Å². The van der Waals surface area contributed by atoms with E-state index in [-0.39, 0.29) is 31.0 Å². The Hall–Kier alpha value is -2.74. The van der Waals surface area contributed by atoms with Crippen molar-refractivity contribution in [3.63, 3.8) is 0 Å². The van der Waals surface area contributed by atoms with E-state index in [1.54, 1.807) is 11.0 Å². The van der Waals surface area contributed by atoms with Crippen molar-refractivity contribution in [1.82, 2.24) is 9.80 Å². The Balaban J connectivity index is 1.63. The van der Waals surface area contributed by atoms with Crippen molar-refractivity contribution in [3.8, 4) is 0 Å². The number of rotatable bonds is 6. The molecule has 2 amide bonds. The van der Waals surface area contributed by atoms with Crippen LogP contribution in [0.4, 0.5) is 17.1 Å². The minimum atomic E-state index is -0.208. The Labute approximate surface area is 183 Å². The van der Waals surface area contributed by atoms with Gasteiger partial charge in [-0.3, -0.25) is 19.4 Å². The first-order valence-corrected chi connectivity index (χ1v) is 10.9. The van der Waals surface area contributed by atoms with Gasteiger partial charge in [-0.25, -0.2) is 0 Å². The minimum absolute atomic E-state index is 0.0480. The zero-order valence-electron chi connectivity index (χ0n) is 18.0. The molecule has 164 valence electrons. The Morgan fingerprint density at radius 1 is 1.13 bits per heavy atom. The van der Waals surface area contributed by atoms with Gasteiger partial charge in [-0.1, -0.05) is 30.7 Å². The van der Waals surface area contributed by atoms with Gasteiger partial charge in [0, 0.05) is 19.1 Å². The summed E-state index contributed by atoms with van der Waals surface area (Å²) in [6.45, 7) is 2.73. The van der Waals surface area contributed by atoms with Gasteiger partial charge in [0.05, 0.1) is 35.8 Å². The zero-order valence-corrected chi connectivity index (χ0v) is 18.0. The summed E-state index contributed by atoms with van der Waals surface area (Å²) in [6, 6.07) is 15.0. The minimum Gasteiger partial charge on any atom is -0.395 e. The van der Waals surface area contributed by atoms with Gasteiger partial charge < -0.3 is 15.3 Å².